The Bertz CT molecular complexity index is 656. The van der Waals surface area contributed by atoms with Crippen LogP contribution in [0.3, 0.4) is 0 Å². The molecule has 0 bridgehead atoms. The van der Waals surface area contributed by atoms with Crippen LogP contribution in [-0.4, -0.2) is 109 Å². The van der Waals surface area contributed by atoms with E-state index in [1.807, 2.05) is 0 Å². The molecule has 0 unspecified atom stereocenters. The van der Waals surface area contributed by atoms with Crippen LogP contribution in [0.4, 0.5) is 0 Å². The van der Waals surface area contributed by atoms with E-state index in [0.717, 1.165) is 0 Å². The highest BCUT2D eigenvalue weighted by Crippen LogP contribution is 2.38. The summed E-state index contributed by atoms with van der Waals surface area (Å²) in [5.41, 5.74) is 0.135. The van der Waals surface area contributed by atoms with Gasteiger partial charge in [0.05, 0.1) is 13.2 Å². The number of ether oxygens (including phenoxy) is 3. The van der Waals surface area contributed by atoms with Gasteiger partial charge in [-0.3, -0.25) is 0 Å². The minimum absolute atomic E-state index is 0.135. The van der Waals surface area contributed by atoms with Gasteiger partial charge in [-0.05, 0) is 0 Å². The maximum absolute atomic E-state index is 10.8. The van der Waals surface area contributed by atoms with Crippen molar-refractivity contribution >= 4 is 0 Å². The maximum atomic E-state index is 10.8. The minimum Gasteiger partial charge on any atom is -0.394 e. The van der Waals surface area contributed by atoms with E-state index in [2.05, 4.69) is 0 Å². The Labute approximate surface area is 165 Å². The summed E-state index contributed by atoms with van der Waals surface area (Å²) in [6.45, 7) is -1.42. The Morgan fingerprint density at radius 1 is 0.828 bits per heavy atom. The highest BCUT2D eigenvalue weighted by Gasteiger charge is 2.56. The fraction of sp³-hybridized carbons (Fsp3) is 0.667. The SMILES string of the molecule is OC[C@H]1O[C@@H](O[C@H]2[C@H](O)[C@@H](O)[C@@](O)(c3ccccc3)O[C@@H]2CO)[C@H](O)[C@@H](O)[C@H]1O. The molecule has 164 valence electrons. The van der Waals surface area contributed by atoms with Gasteiger partial charge in [-0.15, -0.1) is 0 Å². The quantitative estimate of drug-likeness (QED) is 0.233. The van der Waals surface area contributed by atoms with Crippen LogP contribution in [0.25, 0.3) is 0 Å². The molecule has 2 aliphatic heterocycles. The number of benzene rings is 1. The van der Waals surface area contributed by atoms with Crippen LogP contribution in [0, 0.1) is 0 Å². The van der Waals surface area contributed by atoms with Crippen molar-refractivity contribution in [3.05, 3.63) is 35.9 Å². The Balaban J connectivity index is 1.82. The first-order chi connectivity index (χ1) is 13.7. The Morgan fingerprint density at radius 3 is 2.03 bits per heavy atom. The predicted octanol–water partition coefficient (Wildman–Crippen LogP) is -3.87. The number of aliphatic hydroxyl groups is 8. The van der Waals surface area contributed by atoms with E-state index in [9.17, 15) is 40.9 Å². The molecule has 2 saturated heterocycles. The van der Waals surface area contributed by atoms with Gasteiger partial charge in [0.1, 0.15) is 48.8 Å². The van der Waals surface area contributed by atoms with Gasteiger partial charge in [0.25, 0.3) is 0 Å². The molecule has 0 aromatic heterocycles. The number of aliphatic hydroxyl groups excluding tert-OH is 7. The monoisotopic (exact) mass is 418 g/mol. The Hall–Kier alpha value is -1.22. The lowest BCUT2D eigenvalue weighted by Crippen LogP contribution is -2.67. The van der Waals surface area contributed by atoms with E-state index < -0.39 is 74.1 Å². The Morgan fingerprint density at radius 2 is 1.45 bits per heavy atom. The van der Waals surface area contributed by atoms with Crippen molar-refractivity contribution in [2.45, 2.75) is 60.9 Å². The molecule has 0 spiro atoms. The molecule has 0 radical (unpaired) electrons. The van der Waals surface area contributed by atoms with Gasteiger partial charge in [0.15, 0.2) is 6.29 Å². The largest absolute Gasteiger partial charge is 0.394 e. The summed E-state index contributed by atoms with van der Waals surface area (Å²) in [5.74, 6) is -2.34. The molecule has 2 aliphatic rings. The molecule has 11 heteroatoms. The molecule has 29 heavy (non-hydrogen) atoms. The first-order valence-corrected chi connectivity index (χ1v) is 9.13. The Kier molecular flexibility index (Phi) is 6.88. The molecule has 8 N–H and O–H groups in total. The van der Waals surface area contributed by atoms with Crippen LogP contribution < -0.4 is 0 Å². The van der Waals surface area contributed by atoms with Crippen molar-refractivity contribution in [2.24, 2.45) is 0 Å². The highest BCUT2D eigenvalue weighted by molar-refractivity contribution is 5.23. The third kappa shape index (κ3) is 4.04. The van der Waals surface area contributed by atoms with Crippen LogP contribution in [0.5, 0.6) is 0 Å². The summed E-state index contributed by atoms with van der Waals surface area (Å²) in [7, 11) is 0. The average molecular weight is 418 g/mol. The maximum Gasteiger partial charge on any atom is 0.222 e. The second-order valence-corrected chi connectivity index (χ2v) is 7.13. The van der Waals surface area contributed by atoms with Crippen LogP contribution >= 0.6 is 0 Å². The number of hydrogen-bond donors (Lipinski definition) is 8. The zero-order valence-corrected chi connectivity index (χ0v) is 15.3. The topological polar surface area (TPSA) is 190 Å². The third-order valence-corrected chi connectivity index (χ3v) is 5.27. The third-order valence-electron chi connectivity index (χ3n) is 5.27. The predicted molar refractivity (Wildman–Crippen MR) is 93.0 cm³/mol. The lowest BCUT2D eigenvalue weighted by molar-refractivity contribution is -0.389. The fourth-order valence-electron chi connectivity index (χ4n) is 3.56. The van der Waals surface area contributed by atoms with Crippen molar-refractivity contribution in [1.82, 2.24) is 0 Å². The molecule has 2 fully saturated rings. The van der Waals surface area contributed by atoms with E-state index in [-0.39, 0.29) is 5.56 Å². The van der Waals surface area contributed by atoms with Crippen molar-refractivity contribution in [2.75, 3.05) is 13.2 Å². The molecule has 10 atom stereocenters. The van der Waals surface area contributed by atoms with Crippen molar-refractivity contribution in [3.63, 3.8) is 0 Å². The highest BCUT2D eigenvalue weighted by atomic mass is 16.7. The molecular formula is C18H26O11. The van der Waals surface area contributed by atoms with Crippen molar-refractivity contribution < 1.29 is 55.1 Å². The first-order valence-electron chi connectivity index (χ1n) is 9.13. The van der Waals surface area contributed by atoms with E-state index in [1.54, 1.807) is 18.2 Å². The molecule has 11 nitrogen and oxygen atoms in total. The summed E-state index contributed by atoms with van der Waals surface area (Å²) in [6.07, 6.45) is -14.5. The molecule has 0 amide bonds. The first kappa shape index (κ1) is 22.5. The summed E-state index contributed by atoms with van der Waals surface area (Å²) in [4.78, 5) is 0. The van der Waals surface area contributed by atoms with E-state index in [1.165, 1.54) is 12.1 Å². The summed E-state index contributed by atoms with van der Waals surface area (Å²) in [6, 6.07) is 7.76. The minimum atomic E-state index is -2.34. The van der Waals surface area contributed by atoms with Gasteiger partial charge in [-0.2, -0.15) is 0 Å². The normalized spacial score (nSPS) is 45.9. The van der Waals surface area contributed by atoms with E-state index in [4.69, 9.17) is 14.2 Å². The van der Waals surface area contributed by atoms with Gasteiger partial charge < -0.3 is 55.1 Å². The summed E-state index contributed by atoms with van der Waals surface area (Å²) in [5, 5.41) is 80.7. The average Bonchev–Trinajstić information content (AvgIpc) is 2.74. The standard InChI is InChI=1S/C18H26O11/c19-6-9-11(21)12(22)13(23)17(27-9)28-15-10(7-20)29-18(26,16(25)14(15)24)8-4-2-1-3-5-8/h1-5,9-17,19-26H,6-7H2/t9-,10-,11+,12+,13-,14+,15-,16-,17+,18-/m1/s1. The van der Waals surface area contributed by atoms with Gasteiger partial charge in [0, 0.05) is 5.56 Å². The number of hydrogen-bond acceptors (Lipinski definition) is 11. The van der Waals surface area contributed by atoms with Gasteiger partial charge >= 0.3 is 0 Å². The molecule has 0 aliphatic carbocycles. The summed E-state index contributed by atoms with van der Waals surface area (Å²) >= 11 is 0. The van der Waals surface area contributed by atoms with Crippen molar-refractivity contribution in [1.29, 1.82) is 0 Å². The molecular weight excluding hydrogens is 392 g/mol. The molecule has 3 rings (SSSR count). The van der Waals surface area contributed by atoms with Crippen LogP contribution in [0.15, 0.2) is 30.3 Å². The zero-order chi connectivity index (χ0) is 21.3. The fourth-order valence-corrected chi connectivity index (χ4v) is 3.56. The molecule has 2 heterocycles. The van der Waals surface area contributed by atoms with E-state index in [0.29, 0.717) is 0 Å². The lowest BCUT2D eigenvalue weighted by Gasteiger charge is -2.49. The van der Waals surface area contributed by atoms with Crippen LogP contribution in [0.1, 0.15) is 5.56 Å². The zero-order valence-electron chi connectivity index (χ0n) is 15.3. The smallest absolute Gasteiger partial charge is 0.222 e. The molecule has 0 saturated carbocycles. The summed E-state index contributed by atoms with van der Waals surface area (Å²) < 4.78 is 16.1. The number of rotatable bonds is 5. The second kappa shape index (κ2) is 8.88. The van der Waals surface area contributed by atoms with Crippen LogP contribution in [0.2, 0.25) is 0 Å². The molecule has 1 aromatic rings. The van der Waals surface area contributed by atoms with E-state index >= 15 is 0 Å². The van der Waals surface area contributed by atoms with Crippen molar-refractivity contribution in [3.8, 4) is 0 Å². The lowest BCUT2D eigenvalue weighted by atomic mass is 9.88. The van der Waals surface area contributed by atoms with Gasteiger partial charge in [-0.1, -0.05) is 30.3 Å². The second-order valence-electron chi connectivity index (χ2n) is 7.13. The van der Waals surface area contributed by atoms with Gasteiger partial charge in [-0.25, -0.2) is 0 Å². The van der Waals surface area contributed by atoms with Crippen LogP contribution in [-0.2, 0) is 20.0 Å². The molecule has 1 aromatic carbocycles. The van der Waals surface area contributed by atoms with Gasteiger partial charge in [0.2, 0.25) is 5.79 Å².